The summed E-state index contributed by atoms with van der Waals surface area (Å²) in [7, 11) is 0. The van der Waals surface area contributed by atoms with Gasteiger partial charge in [-0.3, -0.25) is 0 Å². The van der Waals surface area contributed by atoms with E-state index in [0.717, 1.165) is 50.3 Å². The predicted octanol–water partition coefficient (Wildman–Crippen LogP) is 15.2. The van der Waals surface area contributed by atoms with Gasteiger partial charge < -0.3 is 0 Å². The molecular formula is C60H38N2. The molecule has 0 bridgehead atoms. The zero-order valence-electron chi connectivity index (χ0n) is 33.8. The first-order valence-electron chi connectivity index (χ1n) is 21.5. The topological polar surface area (TPSA) is 17.3 Å². The molecule has 11 aromatic rings. The van der Waals surface area contributed by atoms with E-state index < -0.39 is 0 Å². The third-order valence-electron chi connectivity index (χ3n) is 13.4. The lowest BCUT2D eigenvalue weighted by Crippen LogP contribution is -2.25. The Kier molecular flexibility index (Phi) is 7.55. The fraction of sp³-hybridized carbons (Fsp3) is 0.0167. The number of pyridine rings is 1. The molecule has 0 fully saturated rings. The molecule has 9 aromatic carbocycles. The molecule has 0 atom stereocenters. The lowest BCUT2D eigenvalue weighted by atomic mass is 9.70. The highest BCUT2D eigenvalue weighted by Crippen LogP contribution is 2.63. The molecule has 2 heterocycles. The van der Waals surface area contributed by atoms with Gasteiger partial charge in [-0.1, -0.05) is 224 Å². The Labute approximate surface area is 360 Å². The quantitative estimate of drug-likeness (QED) is 0.170. The van der Waals surface area contributed by atoms with E-state index in [-0.39, 0.29) is 5.41 Å². The van der Waals surface area contributed by atoms with Crippen molar-refractivity contribution < 1.29 is 0 Å². The minimum Gasteiger partial charge on any atom is -0.231 e. The summed E-state index contributed by atoms with van der Waals surface area (Å²) in [6, 6.07) is 84.4. The van der Waals surface area contributed by atoms with E-state index in [1.54, 1.807) is 0 Å². The van der Waals surface area contributed by atoms with E-state index >= 15 is 0 Å². The van der Waals surface area contributed by atoms with E-state index in [1.165, 1.54) is 66.4 Å². The molecule has 2 aliphatic carbocycles. The molecule has 288 valence electrons. The van der Waals surface area contributed by atoms with Crippen molar-refractivity contribution >= 4 is 16.3 Å². The Bertz CT molecular complexity index is 3500. The summed E-state index contributed by atoms with van der Waals surface area (Å²) in [4.78, 5) is 0. The van der Waals surface area contributed by atoms with Crippen LogP contribution in [-0.2, 0) is 5.41 Å². The van der Waals surface area contributed by atoms with Gasteiger partial charge in [-0.15, -0.1) is 0 Å². The SMILES string of the molecule is c1ccc(-c2nn3c(-c4ccccc4)c(-c4ccc(-c5ccc6c(c5)-c5ccccc5C65c6ccccc6-c6ccccc65)cc4)c4ccccc4c3c2-c2ccccc2)cc1. The Morgan fingerprint density at radius 2 is 0.742 bits per heavy atom. The number of aromatic nitrogens is 2. The molecule has 2 nitrogen and oxygen atoms in total. The Morgan fingerprint density at radius 1 is 0.306 bits per heavy atom. The molecule has 62 heavy (non-hydrogen) atoms. The van der Waals surface area contributed by atoms with Gasteiger partial charge in [0.2, 0.25) is 0 Å². The van der Waals surface area contributed by atoms with Gasteiger partial charge in [-0.25, -0.2) is 4.52 Å². The van der Waals surface area contributed by atoms with Gasteiger partial charge in [-0.05, 0) is 78.2 Å². The van der Waals surface area contributed by atoms with Gasteiger partial charge >= 0.3 is 0 Å². The van der Waals surface area contributed by atoms with Crippen LogP contribution < -0.4 is 0 Å². The Morgan fingerprint density at radius 3 is 1.35 bits per heavy atom. The number of nitrogens with zero attached hydrogens (tertiary/aromatic N) is 2. The summed E-state index contributed by atoms with van der Waals surface area (Å²) in [6.07, 6.45) is 0. The van der Waals surface area contributed by atoms with Crippen LogP contribution in [0.3, 0.4) is 0 Å². The normalized spacial score (nSPS) is 13.0. The summed E-state index contributed by atoms with van der Waals surface area (Å²) in [5, 5.41) is 7.93. The molecule has 0 amide bonds. The third-order valence-corrected chi connectivity index (χ3v) is 13.4. The van der Waals surface area contributed by atoms with Gasteiger partial charge in [0.25, 0.3) is 0 Å². The van der Waals surface area contributed by atoms with Crippen LogP contribution >= 0.6 is 0 Å². The Balaban J connectivity index is 1.01. The van der Waals surface area contributed by atoms with Crippen molar-refractivity contribution in [3.8, 4) is 78.1 Å². The lowest BCUT2D eigenvalue weighted by molar-refractivity contribution is 0.794. The van der Waals surface area contributed by atoms with E-state index in [1.807, 2.05) is 0 Å². The second-order valence-corrected chi connectivity index (χ2v) is 16.6. The maximum absolute atomic E-state index is 5.56. The maximum atomic E-state index is 5.56. The first-order chi connectivity index (χ1) is 30.8. The first kappa shape index (κ1) is 34.8. The highest BCUT2D eigenvalue weighted by atomic mass is 15.2. The van der Waals surface area contributed by atoms with Crippen molar-refractivity contribution in [2.45, 2.75) is 5.41 Å². The molecule has 0 aliphatic heterocycles. The predicted molar refractivity (Wildman–Crippen MR) is 256 cm³/mol. The molecule has 1 spiro atoms. The summed E-state index contributed by atoms with van der Waals surface area (Å²) in [5.41, 5.74) is 22.7. The molecule has 0 saturated carbocycles. The van der Waals surface area contributed by atoms with Crippen molar-refractivity contribution in [3.05, 3.63) is 253 Å². The highest BCUT2D eigenvalue weighted by molar-refractivity contribution is 6.15. The first-order valence-corrected chi connectivity index (χ1v) is 21.5. The molecule has 13 rings (SSSR count). The monoisotopic (exact) mass is 786 g/mol. The van der Waals surface area contributed by atoms with Gasteiger partial charge in [-0.2, -0.15) is 5.10 Å². The summed E-state index contributed by atoms with van der Waals surface area (Å²) in [5.74, 6) is 0. The van der Waals surface area contributed by atoms with Crippen LogP contribution in [0.5, 0.6) is 0 Å². The number of rotatable bonds is 5. The average Bonchev–Trinajstić information content (AvgIpc) is 3.99. The maximum Gasteiger partial charge on any atom is 0.101 e. The van der Waals surface area contributed by atoms with Crippen LogP contribution in [-0.4, -0.2) is 9.61 Å². The zero-order chi connectivity index (χ0) is 40.8. The van der Waals surface area contributed by atoms with Crippen molar-refractivity contribution in [2.24, 2.45) is 0 Å². The number of fused-ring (bicyclic) bond motifs is 13. The smallest absolute Gasteiger partial charge is 0.101 e. The van der Waals surface area contributed by atoms with E-state index in [0.29, 0.717) is 0 Å². The molecular weight excluding hydrogens is 749 g/mol. The standard InChI is InChI=1S/C60H38N2/c1-4-18-40(19-5-1)56-57(42-20-6-2-7-21-42)61-62-58(43-22-8-3-9-23-43)55(48-27-10-11-28-49(48)59(56)62)41-34-32-39(33-35-41)44-36-37-54-50(38-44)47-26-14-17-31-53(47)60(54)51-29-15-12-24-45(51)46-25-13-16-30-52(46)60/h1-38H. The molecule has 0 N–H and O–H groups in total. The third kappa shape index (κ3) is 4.83. The Hall–Kier alpha value is -8.07. The van der Waals surface area contributed by atoms with Crippen molar-refractivity contribution in [1.82, 2.24) is 9.61 Å². The van der Waals surface area contributed by atoms with Gasteiger partial charge in [0.1, 0.15) is 5.69 Å². The van der Waals surface area contributed by atoms with Crippen molar-refractivity contribution in [3.63, 3.8) is 0 Å². The summed E-state index contributed by atoms with van der Waals surface area (Å²) in [6.45, 7) is 0. The zero-order valence-corrected chi connectivity index (χ0v) is 33.8. The van der Waals surface area contributed by atoms with E-state index in [4.69, 9.17) is 5.10 Å². The van der Waals surface area contributed by atoms with Crippen LogP contribution in [0.2, 0.25) is 0 Å². The minimum absolute atomic E-state index is 0.345. The fourth-order valence-electron chi connectivity index (χ4n) is 10.9. The molecule has 2 aromatic heterocycles. The lowest BCUT2D eigenvalue weighted by Gasteiger charge is -2.30. The van der Waals surface area contributed by atoms with Crippen molar-refractivity contribution in [2.75, 3.05) is 0 Å². The van der Waals surface area contributed by atoms with E-state index in [9.17, 15) is 0 Å². The fourth-order valence-corrected chi connectivity index (χ4v) is 10.9. The number of benzene rings is 9. The second-order valence-electron chi connectivity index (χ2n) is 16.6. The van der Waals surface area contributed by atoms with Crippen molar-refractivity contribution in [1.29, 1.82) is 0 Å². The average molecular weight is 787 g/mol. The molecule has 0 unspecified atom stereocenters. The molecule has 2 aliphatic rings. The van der Waals surface area contributed by atoms with Crippen LogP contribution in [0.4, 0.5) is 0 Å². The van der Waals surface area contributed by atoms with Crippen LogP contribution in [0.15, 0.2) is 231 Å². The van der Waals surface area contributed by atoms with Gasteiger partial charge in [0.15, 0.2) is 0 Å². The minimum atomic E-state index is -0.345. The number of hydrogen-bond acceptors (Lipinski definition) is 1. The molecule has 0 saturated heterocycles. The van der Waals surface area contributed by atoms with Crippen LogP contribution in [0, 0.1) is 0 Å². The largest absolute Gasteiger partial charge is 0.231 e. The summed E-state index contributed by atoms with van der Waals surface area (Å²) >= 11 is 0. The number of hydrogen-bond donors (Lipinski definition) is 0. The van der Waals surface area contributed by atoms with Crippen LogP contribution in [0.25, 0.3) is 94.4 Å². The van der Waals surface area contributed by atoms with Gasteiger partial charge in [0, 0.05) is 27.6 Å². The van der Waals surface area contributed by atoms with E-state index in [2.05, 4.69) is 235 Å². The molecule has 2 heteroatoms. The second kappa shape index (κ2) is 13.5. The summed E-state index contributed by atoms with van der Waals surface area (Å²) < 4.78 is 2.22. The van der Waals surface area contributed by atoms with Crippen LogP contribution in [0.1, 0.15) is 22.3 Å². The molecule has 0 radical (unpaired) electrons. The van der Waals surface area contributed by atoms with Gasteiger partial charge in [0.05, 0.1) is 16.6 Å². The highest BCUT2D eigenvalue weighted by Gasteiger charge is 2.51.